The Bertz CT molecular complexity index is 927. The van der Waals surface area contributed by atoms with Crippen molar-refractivity contribution >= 4 is 23.3 Å². The highest BCUT2D eigenvalue weighted by Crippen LogP contribution is 2.29. The number of anilines is 4. The number of para-hydroxylation sites is 1. The average molecular weight is 377 g/mol. The van der Waals surface area contributed by atoms with Crippen LogP contribution in [-0.4, -0.2) is 37.2 Å². The maximum atomic E-state index is 9.77. The van der Waals surface area contributed by atoms with Crippen LogP contribution in [0.4, 0.5) is 23.3 Å². The van der Waals surface area contributed by atoms with Gasteiger partial charge in [0, 0.05) is 24.0 Å². The molecule has 28 heavy (non-hydrogen) atoms. The summed E-state index contributed by atoms with van der Waals surface area (Å²) in [5.74, 6) is 1.58. The van der Waals surface area contributed by atoms with Gasteiger partial charge in [-0.05, 0) is 37.8 Å². The molecule has 2 heterocycles. The Morgan fingerprint density at radius 1 is 1.00 bits per heavy atom. The van der Waals surface area contributed by atoms with E-state index in [1.54, 1.807) is 12.3 Å². The van der Waals surface area contributed by atoms with E-state index in [0.29, 0.717) is 23.3 Å². The highest BCUT2D eigenvalue weighted by molar-refractivity contribution is 5.74. The number of nitrogens with one attached hydrogen (secondary N) is 2. The van der Waals surface area contributed by atoms with E-state index in [-0.39, 0.29) is 12.1 Å². The van der Waals surface area contributed by atoms with Crippen molar-refractivity contribution in [1.82, 2.24) is 19.9 Å². The second-order valence-electron chi connectivity index (χ2n) is 6.92. The van der Waals surface area contributed by atoms with Crippen LogP contribution in [0.25, 0.3) is 11.3 Å². The Balaban J connectivity index is 1.64. The van der Waals surface area contributed by atoms with E-state index in [1.807, 2.05) is 30.3 Å². The molecule has 1 fully saturated rings. The lowest BCUT2D eigenvalue weighted by Gasteiger charge is -2.27. The van der Waals surface area contributed by atoms with Gasteiger partial charge in [0.25, 0.3) is 0 Å². The first kappa shape index (κ1) is 18.1. The molecule has 0 unspecified atom stereocenters. The van der Waals surface area contributed by atoms with Crippen molar-refractivity contribution in [3.8, 4) is 11.3 Å². The second kappa shape index (κ2) is 8.18. The molecule has 0 aliphatic heterocycles. The Hall–Kier alpha value is -3.26. The number of nitrogen functional groups attached to an aromatic ring is 1. The van der Waals surface area contributed by atoms with Gasteiger partial charge in [0.15, 0.2) is 0 Å². The monoisotopic (exact) mass is 377 g/mol. The standard InChI is InChI=1S/C20H23N7O/c21-18-10-17(23-12-24-18)16-11-22-20(26-13-4-2-1-3-5-13)27-19(16)25-14-6-8-15(28)9-7-14/h1-5,10-12,14-15,28H,6-9H2,(H2,21,23,24)(H2,22,25,26,27). The van der Waals surface area contributed by atoms with E-state index in [1.165, 1.54) is 6.33 Å². The number of aromatic nitrogens is 4. The molecule has 1 aliphatic carbocycles. The van der Waals surface area contributed by atoms with Crippen LogP contribution >= 0.6 is 0 Å². The van der Waals surface area contributed by atoms with Gasteiger partial charge in [-0.2, -0.15) is 4.98 Å². The van der Waals surface area contributed by atoms with Gasteiger partial charge >= 0.3 is 0 Å². The molecule has 0 bridgehead atoms. The normalized spacial score (nSPS) is 19.2. The molecule has 4 rings (SSSR count). The Morgan fingerprint density at radius 2 is 1.79 bits per heavy atom. The summed E-state index contributed by atoms with van der Waals surface area (Å²) in [7, 11) is 0. The van der Waals surface area contributed by atoms with Crippen LogP contribution < -0.4 is 16.4 Å². The number of aliphatic hydroxyl groups excluding tert-OH is 1. The average Bonchev–Trinajstić information content (AvgIpc) is 2.71. The molecule has 0 amide bonds. The summed E-state index contributed by atoms with van der Waals surface area (Å²) >= 11 is 0. The predicted octanol–water partition coefficient (Wildman–Crippen LogP) is 2.97. The van der Waals surface area contributed by atoms with Gasteiger partial charge in [-0.3, -0.25) is 0 Å². The molecule has 8 heteroatoms. The van der Waals surface area contributed by atoms with Gasteiger partial charge in [0.2, 0.25) is 5.95 Å². The number of nitrogens with two attached hydrogens (primary N) is 1. The van der Waals surface area contributed by atoms with Crippen molar-refractivity contribution in [3.63, 3.8) is 0 Å². The summed E-state index contributed by atoms with van der Waals surface area (Å²) in [4.78, 5) is 17.4. The largest absolute Gasteiger partial charge is 0.393 e. The fourth-order valence-electron chi connectivity index (χ4n) is 3.32. The Labute approximate surface area is 163 Å². The maximum Gasteiger partial charge on any atom is 0.229 e. The Morgan fingerprint density at radius 3 is 2.54 bits per heavy atom. The summed E-state index contributed by atoms with van der Waals surface area (Å²) in [6, 6.07) is 11.7. The molecular weight excluding hydrogens is 354 g/mol. The molecule has 2 aromatic heterocycles. The van der Waals surface area contributed by atoms with Gasteiger partial charge in [-0.25, -0.2) is 15.0 Å². The minimum absolute atomic E-state index is 0.208. The first-order valence-corrected chi connectivity index (χ1v) is 9.39. The fourth-order valence-corrected chi connectivity index (χ4v) is 3.32. The van der Waals surface area contributed by atoms with E-state index in [4.69, 9.17) is 10.7 Å². The van der Waals surface area contributed by atoms with Crippen molar-refractivity contribution in [2.24, 2.45) is 0 Å². The van der Waals surface area contributed by atoms with Gasteiger partial charge in [0.05, 0.1) is 17.4 Å². The second-order valence-corrected chi connectivity index (χ2v) is 6.92. The zero-order valence-electron chi connectivity index (χ0n) is 15.4. The highest BCUT2D eigenvalue weighted by Gasteiger charge is 2.21. The van der Waals surface area contributed by atoms with Crippen LogP contribution in [0, 0.1) is 0 Å². The van der Waals surface area contributed by atoms with Crippen molar-refractivity contribution in [2.75, 3.05) is 16.4 Å². The number of hydrogen-bond acceptors (Lipinski definition) is 8. The van der Waals surface area contributed by atoms with Crippen molar-refractivity contribution in [3.05, 3.63) is 48.9 Å². The zero-order valence-corrected chi connectivity index (χ0v) is 15.4. The van der Waals surface area contributed by atoms with Crippen molar-refractivity contribution in [2.45, 2.75) is 37.8 Å². The third kappa shape index (κ3) is 4.34. The zero-order chi connectivity index (χ0) is 19.3. The van der Waals surface area contributed by atoms with Gasteiger partial charge in [-0.1, -0.05) is 18.2 Å². The Kier molecular flexibility index (Phi) is 5.29. The van der Waals surface area contributed by atoms with Crippen molar-refractivity contribution < 1.29 is 5.11 Å². The molecule has 5 N–H and O–H groups in total. The summed E-state index contributed by atoms with van der Waals surface area (Å²) in [5.41, 5.74) is 8.16. The van der Waals surface area contributed by atoms with Crippen LogP contribution in [0.5, 0.6) is 0 Å². The molecule has 144 valence electrons. The molecular formula is C20H23N7O. The maximum absolute atomic E-state index is 9.77. The third-order valence-electron chi connectivity index (χ3n) is 4.82. The number of aliphatic hydroxyl groups is 1. The lowest BCUT2D eigenvalue weighted by Crippen LogP contribution is -2.29. The van der Waals surface area contributed by atoms with Crippen LogP contribution in [0.2, 0.25) is 0 Å². The van der Waals surface area contributed by atoms with Crippen LogP contribution in [0.3, 0.4) is 0 Å². The molecule has 1 aliphatic rings. The molecule has 0 atom stereocenters. The SMILES string of the molecule is Nc1cc(-c2cnc(Nc3ccccc3)nc2NC2CCC(O)CC2)ncn1. The van der Waals surface area contributed by atoms with E-state index in [9.17, 15) is 5.11 Å². The molecule has 0 spiro atoms. The first-order valence-electron chi connectivity index (χ1n) is 9.39. The van der Waals surface area contributed by atoms with E-state index in [2.05, 4.69) is 25.6 Å². The lowest BCUT2D eigenvalue weighted by atomic mass is 9.93. The molecule has 0 saturated heterocycles. The highest BCUT2D eigenvalue weighted by atomic mass is 16.3. The topological polar surface area (TPSA) is 122 Å². The van der Waals surface area contributed by atoms with Gasteiger partial charge in [-0.15, -0.1) is 0 Å². The number of benzene rings is 1. The molecule has 1 aromatic carbocycles. The van der Waals surface area contributed by atoms with Crippen LogP contribution in [0.15, 0.2) is 48.9 Å². The van der Waals surface area contributed by atoms with E-state index in [0.717, 1.165) is 36.9 Å². The predicted molar refractivity (Wildman–Crippen MR) is 109 cm³/mol. The number of rotatable bonds is 5. The third-order valence-corrected chi connectivity index (χ3v) is 4.82. The number of hydrogen-bond donors (Lipinski definition) is 4. The smallest absolute Gasteiger partial charge is 0.229 e. The molecule has 1 saturated carbocycles. The summed E-state index contributed by atoms with van der Waals surface area (Å²) in [6.45, 7) is 0. The first-order chi connectivity index (χ1) is 13.7. The van der Waals surface area contributed by atoms with E-state index < -0.39 is 0 Å². The minimum atomic E-state index is -0.208. The van der Waals surface area contributed by atoms with Crippen LogP contribution in [-0.2, 0) is 0 Å². The quantitative estimate of drug-likeness (QED) is 0.535. The van der Waals surface area contributed by atoms with Gasteiger partial charge < -0.3 is 21.5 Å². The van der Waals surface area contributed by atoms with Gasteiger partial charge in [0.1, 0.15) is 18.0 Å². The minimum Gasteiger partial charge on any atom is -0.393 e. The molecule has 8 nitrogen and oxygen atoms in total. The summed E-state index contributed by atoms with van der Waals surface area (Å²) < 4.78 is 0. The molecule has 0 radical (unpaired) electrons. The van der Waals surface area contributed by atoms with Crippen LogP contribution in [0.1, 0.15) is 25.7 Å². The summed E-state index contributed by atoms with van der Waals surface area (Å²) in [6.07, 6.45) is 6.30. The van der Waals surface area contributed by atoms with E-state index >= 15 is 0 Å². The fraction of sp³-hybridized carbons (Fsp3) is 0.300. The van der Waals surface area contributed by atoms with Crippen molar-refractivity contribution in [1.29, 1.82) is 0 Å². The lowest BCUT2D eigenvalue weighted by molar-refractivity contribution is 0.126. The summed E-state index contributed by atoms with van der Waals surface area (Å²) in [5, 5.41) is 16.5. The molecule has 3 aromatic rings. The number of nitrogens with zero attached hydrogens (tertiary/aromatic N) is 4.